The van der Waals surface area contributed by atoms with Gasteiger partial charge in [0.25, 0.3) is 5.91 Å². The second-order valence-electron chi connectivity index (χ2n) is 4.96. The summed E-state index contributed by atoms with van der Waals surface area (Å²) >= 11 is 0. The number of hydrogen-bond donors (Lipinski definition) is 1. The highest BCUT2D eigenvalue weighted by atomic mass is 19.1. The van der Waals surface area contributed by atoms with Crippen LogP contribution >= 0.6 is 0 Å². The fourth-order valence-electron chi connectivity index (χ4n) is 2.42. The normalized spacial score (nSPS) is 17.0. The molecule has 0 bridgehead atoms. The van der Waals surface area contributed by atoms with Crippen molar-refractivity contribution < 1.29 is 18.7 Å². The van der Waals surface area contributed by atoms with Crippen molar-refractivity contribution in [3.05, 3.63) is 30.1 Å². The number of carbonyl (C=O) groups is 2. The number of imide groups is 1. The highest BCUT2D eigenvalue weighted by molar-refractivity contribution is 6.06. The molecule has 1 heterocycles. The number of carbonyl (C=O) groups excluding carboxylic acids is 2. The number of rotatable bonds is 6. The summed E-state index contributed by atoms with van der Waals surface area (Å²) < 4.78 is 18.7. The van der Waals surface area contributed by atoms with Gasteiger partial charge in [0.1, 0.15) is 12.1 Å². The lowest BCUT2D eigenvalue weighted by molar-refractivity contribution is -0.131. The van der Waals surface area contributed by atoms with E-state index in [9.17, 15) is 14.0 Å². The van der Waals surface area contributed by atoms with E-state index in [0.29, 0.717) is 12.8 Å². The highest BCUT2D eigenvalue weighted by Gasteiger charge is 2.48. The minimum Gasteiger partial charge on any atom is -0.489 e. The van der Waals surface area contributed by atoms with E-state index in [2.05, 4.69) is 5.32 Å². The van der Waals surface area contributed by atoms with Crippen molar-refractivity contribution in [3.63, 3.8) is 0 Å². The first-order valence-electron chi connectivity index (χ1n) is 7.05. The van der Waals surface area contributed by atoms with Gasteiger partial charge >= 0.3 is 6.03 Å². The van der Waals surface area contributed by atoms with Crippen LogP contribution < -0.4 is 10.1 Å². The van der Waals surface area contributed by atoms with Crippen LogP contribution in [-0.4, -0.2) is 35.5 Å². The van der Waals surface area contributed by atoms with Crippen molar-refractivity contribution >= 4 is 11.9 Å². The number of para-hydroxylation sites is 1. The monoisotopic (exact) mass is 294 g/mol. The number of hydrogen-bond acceptors (Lipinski definition) is 3. The van der Waals surface area contributed by atoms with Crippen LogP contribution in [0.5, 0.6) is 5.75 Å². The van der Waals surface area contributed by atoms with Gasteiger partial charge in [-0.15, -0.1) is 0 Å². The Bertz CT molecular complexity index is 543. The number of halogens is 1. The average Bonchev–Trinajstić information content (AvgIpc) is 2.73. The molecule has 0 radical (unpaired) electrons. The lowest BCUT2D eigenvalue weighted by atomic mass is 9.93. The van der Waals surface area contributed by atoms with Gasteiger partial charge in [0.05, 0.1) is 6.54 Å². The Kier molecular flexibility index (Phi) is 4.45. The van der Waals surface area contributed by atoms with Crippen LogP contribution in [0, 0.1) is 5.82 Å². The molecule has 2 rings (SSSR count). The maximum Gasteiger partial charge on any atom is 0.325 e. The van der Waals surface area contributed by atoms with E-state index in [1.807, 2.05) is 13.8 Å². The van der Waals surface area contributed by atoms with Crippen LogP contribution in [0.3, 0.4) is 0 Å². The van der Waals surface area contributed by atoms with Crippen molar-refractivity contribution in [1.29, 1.82) is 0 Å². The molecule has 3 amide bonds. The van der Waals surface area contributed by atoms with Gasteiger partial charge in [-0.25, -0.2) is 9.18 Å². The maximum atomic E-state index is 13.4. The Balaban J connectivity index is 1.96. The Hall–Kier alpha value is -2.11. The van der Waals surface area contributed by atoms with Gasteiger partial charge < -0.3 is 10.1 Å². The largest absolute Gasteiger partial charge is 0.489 e. The zero-order valence-corrected chi connectivity index (χ0v) is 12.2. The predicted octanol–water partition coefficient (Wildman–Crippen LogP) is 2.32. The van der Waals surface area contributed by atoms with E-state index in [1.165, 1.54) is 12.1 Å². The summed E-state index contributed by atoms with van der Waals surface area (Å²) in [5.74, 6) is -0.595. The van der Waals surface area contributed by atoms with Crippen molar-refractivity contribution in [2.75, 3.05) is 13.2 Å². The highest BCUT2D eigenvalue weighted by Crippen LogP contribution is 2.24. The Morgan fingerprint density at radius 2 is 1.90 bits per heavy atom. The van der Waals surface area contributed by atoms with Crippen LogP contribution in [0.25, 0.3) is 0 Å². The van der Waals surface area contributed by atoms with Gasteiger partial charge in [-0.1, -0.05) is 26.0 Å². The summed E-state index contributed by atoms with van der Waals surface area (Å²) in [4.78, 5) is 25.3. The number of ether oxygens (including phenoxy) is 1. The van der Waals surface area contributed by atoms with Gasteiger partial charge in [-0.2, -0.15) is 0 Å². The van der Waals surface area contributed by atoms with Crippen LogP contribution in [0.4, 0.5) is 9.18 Å². The molecule has 1 saturated heterocycles. The Labute approximate surface area is 123 Å². The van der Waals surface area contributed by atoms with Crippen LogP contribution in [0.15, 0.2) is 24.3 Å². The molecule has 0 spiro atoms. The number of urea groups is 1. The molecule has 5 nitrogen and oxygen atoms in total. The number of nitrogens with one attached hydrogen (secondary N) is 1. The number of benzene rings is 1. The molecule has 1 N–H and O–H groups in total. The van der Waals surface area contributed by atoms with Crippen molar-refractivity contribution in [3.8, 4) is 5.75 Å². The lowest BCUT2D eigenvalue weighted by Crippen LogP contribution is -2.46. The SMILES string of the molecule is CCC1(CC)NC(=O)N(CCOc2ccccc2F)C1=O. The minimum absolute atomic E-state index is 0.0591. The second-order valence-corrected chi connectivity index (χ2v) is 4.96. The van der Waals surface area contributed by atoms with Gasteiger partial charge in [-0.3, -0.25) is 9.69 Å². The summed E-state index contributed by atoms with van der Waals surface area (Å²) in [6.07, 6.45) is 1.08. The molecule has 0 aromatic heterocycles. The summed E-state index contributed by atoms with van der Waals surface area (Å²) in [6.45, 7) is 3.88. The topological polar surface area (TPSA) is 58.6 Å². The Morgan fingerprint density at radius 3 is 2.48 bits per heavy atom. The minimum atomic E-state index is -0.810. The first-order chi connectivity index (χ1) is 10.0. The molecular weight excluding hydrogens is 275 g/mol. The van der Waals surface area contributed by atoms with Gasteiger partial charge in [0.15, 0.2) is 11.6 Å². The van der Waals surface area contributed by atoms with Crippen LogP contribution in [0.1, 0.15) is 26.7 Å². The zero-order chi connectivity index (χ0) is 15.5. The molecule has 0 atom stereocenters. The predicted molar refractivity (Wildman–Crippen MR) is 75.5 cm³/mol. The van der Waals surface area contributed by atoms with Crippen LogP contribution in [0.2, 0.25) is 0 Å². The standard InChI is InChI=1S/C15H19FN2O3/c1-3-15(4-2)13(19)18(14(20)17-15)9-10-21-12-8-6-5-7-11(12)16/h5-8H,3-4,9-10H2,1-2H3,(H,17,20). The molecule has 21 heavy (non-hydrogen) atoms. The van der Waals surface area contributed by atoms with E-state index in [-0.39, 0.29) is 24.8 Å². The lowest BCUT2D eigenvalue weighted by Gasteiger charge is -2.23. The van der Waals surface area contributed by atoms with Crippen molar-refractivity contribution in [1.82, 2.24) is 10.2 Å². The Morgan fingerprint density at radius 1 is 1.24 bits per heavy atom. The summed E-state index contributed by atoms with van der Waals surface area (Å²) in [7, 11) is 0. The molecule has 6 heteroatoms. The molecule has 0 unspecified atom stereocenters. The van der Waals surface area contributed by atoms with E-state index < -0.39 is 17.4 Å². The summed E-state index contributed by atoms with van der Waals surface area (Å²) in [5.41, 5.74) is -0.810. The summed E-state index contributed by atoms with van der Waals surface area (Å²) in [5, 5.41) is 2.73. The van der Waals surface area contributed by atoms with E-state index in [4.69, 9.17) is 4.74 Å². The molecule has 0 aliphatic carbocycles. The third kappa shape index (κ3) is 2.84. The van der Waals surface area contributed by atoms with E-state index in [1.54, 1.807) is 12.1 Å². The van der Waals surface area contributed by atoms with Crippen molar-refractivity contribution in [2.24, 2.45) is 0 Å². The van der Waals surface area contributed by atoms with Crippen LogP contribution in [-0.2, 0) is 4.79 Å². The number of amides is 3. The van der Waals surface area contributed by atoms with Gasteiger partial charge in [0.2, 0.25) is 0 Å². The molecule has 1 aliphatic heterocycles. The van der Waals surface area contributed by atoms with Gasteiger partial charge in [-0.05, 0) is 25.0 Å². The number of nitrogens with zero attached hydrogens (tertiary/aromatic N) is 1. The third-order valence-corrected chi connectivity index (χ3v) is 3.86. The van der Waals surface area contributed by atoms with E-state index in [0.717, 1.165) is 4.90 Å². The fraction of sp³-hybridized carbons (Fsp3) is 0.467. The fourth-order valence-corrected chi connectivity index (χ4v) is 2.42. The first kappa shape index (κ1) is 15.3. The molecular formula is C15H19FN2O3. The summed E-state index contributed by atoms with van der Waals surface area (Å²) in [6, 6.07) is 5.61. The maximum absolute atomic E-state index is 13.4. The molecule has 114 valence electrons. The average molecular weight is 294 g/mol. The quantitative estimate of drug-likeness (QED) is 0.819. The second kappa shape index (κ2) is 6.11. The molecule has 1 aliphatic rings. The molecule has 1 aromatic rings. The molecule has 0 saturated carbocycles. The van der Waals surface area contributed by atoms with Gasteiger partial charge in [0, 0.05) is 0 Å². The third-order valence-electron chi connectivity index (χ3n) is 3.86. The van der Waals surface area contributed by atoms with E-state index >= 15 is 0 Å². The first-order valence-corrected chi connectivity index (χ1v) is 7.05. The zero-order valence-electron chi connectivity index (χ0n) is 12.2. The smallest absolute Gasteiger partial charge is 0.325 e. The molecule has 1 fully saturated rings. The van der Waals surface area contributed by atoms with Crippen molar-refractivity contribution in [2.45, 2.75) is 32.2 Å². The molecule has 1 aromatic carbocycles.